The normalized spacial score (nSPS) is 17.0. The number of nitrogens with zero attached hydrogens (tertiary/aromatic N) is 1. The molecule has 1 fully saturated rings. The third kappa shape index (κ3) is 6.29. The predicted octanol–water partition coefficient (Wildman–Crippen LogP) is 3.15. The van der Waals surface area contributed by atoms with E-state index in [1.54, 1.807) is 12.1 Å². The zero-order chi connectivity index (χ0) is 20.6. The lowest BCUT2D eigenvalue weighted by Crippen LogP contribution is -2.33. The molecule has 1 saturated heterocycles. The smallest absolute Gasteiger partial charge is 0.248 e. The van der Waals surface area contributed by atoms with Crippen LogP contribution in [0.1, 0.15) is 57.1 Å². The van der Waals surface area contributed by atoms with Crippen molar-refractivity contribution in [1.29, 1.82) is 0 Å². The molecule has 1 aliphatic rings. The molecule has 1 aliphatic heterocycles. The Bertz CT molecular complexity index is 828. The molecule has 160 valence electrons. The molecule has 6 nitrogen and oxygen atoms in total. The molecule has 0 radical (unpaired) electrons. The fourth-order valence-electron chi connectivity index (χ4n) is 4.12. The topological polar surface area (TPSA) is 88.6 Å². The van der Waals surface area contributed by atoms with Crippen LogP contribution in [0.25, 0.3) is 10.9 Å². The van der Waals surface area contributed by atoms with Gasteiger partial charge in [-0.3, -0.25) is 4.79 Å². The van der Waals surface area contributed by atoms with Gasteiger partial charge >= 0.3 is 0 Å². The SMILES string of the molecule is CC1CCN(CCCCCCNCC(O)c2ccc(O)c3[nH]c(=O)ccc23)CC1. The molecular formula is C23H35N3O3. The molecule has 0 spiro atoms. The Hall–Kier alpha value is -1.89. The minimum absolute atomic E-state index is 0.0145. The number of likely N-dealkylation sites (tertiary alicyclic amines) is 1. The first-order valence-electron chi connectivity index (χ1n) is 11.0. The van der Waals surface area contributed by atoms with Crippen molar-refractivity contribution in [2.75, 3.05) is 32.7 Å². The Morgan fingerprint density at radius 2 is 1.90 bits per heavy atom. The number of aromatic hydroxyl groups is 1. The molecule has 1 unspecified atom stereocenters. The Kier molecular flexibility index (Phi) is 8.09. The lowest BCUT2D eigenvalue weighted by molar-refractivity contribution is 0.176. The summed E-state index contributed by atoms with van der Waals surface area (Å²) < 4.78 is 0. The van der Waals surface area contributed by atoms with E-state index in [4.69, 9.17) is 0 Å². The predicted molar refractivity (Wildman–Crippen MR) is 117 cm³/mol. The fraction of sp³-hybridized carbons (Fsp3) is 0.609. The van der Waals surface area contributed by atoms with Gasteiger partial charge in [0.05, 0.1) is 11.6 Å². The minimum atomic E-state index is -0.689. The number of phenols is 1. The minimum Gasteiger partial charge on any atom is -0.506 e. The number of pyridine rings is 1. The number of aliphatic hydroxyl groups is 1. The lowest BCUT2D eigenvalue weighted by Gasteiger charge is -2.30. The molecule has 1 atom stereocenters. The van der Waals surface area contributed by atoms with Gasteiger partial charge in [0, 0.05) is 18.0 Å². The maximum atomic E-state index is 11.5. The van der Waals surface area contributed by atoms with Gasteiger partial charge in [-0.2, -0.15) is 0 Å². The van der Waals surface area contributed by atoms with Crippen molar-refractivity contribution in [2.45, 2.75) is 51.6 Å². The maximum absolute atomic E-state index is 11.5. The summed E-state index contributed by atoms with van der Waals surface area (Å²) in [6.45, 7) is 7.44. The summed E-state index contributed by atoms with van der Waals surface area (Å²) >= 11 is 0. The highest BCUT2D eigenvalue weighted by molar-refractivity contribution is 5.87. The van der Waals surface area contributed by atoms with Gasteiger partial charge in [-0.05, 0) is 75.5 Å². The van der Waals surface area contributed by atoms with Gasteiger partial charge in [0.25, 0.3) is 0 Å². The molecule has 29 heavy (non-hydrogen) atoms. The molecule has 2 aromatic rings. The van der Waals surface area contributed by atoms with Crippen LogP contribution < -0.4 is 10.9 Å². The number of nitrogens with one attached hydrogen (secondary N) is 2. The lowest BCUT2D eigenvalue weighted by atomic mass is 9.99. The third-order valence-electron chi connectivity index (χ3n) is 6.06. The molecule has 3 rings (SSSR count). The van der Waals surface area contributed by atoms with E-state index in [0.717, 1.165) is 18.9 Å². The summed E-state index contributed by atoms with van der Waals surface area (Å²) in [5, 5.41) is 24.5. The molecule has 0 aliphatic carbocycles. The second kappa shape index (κ2) is 10.8. The number of aliphatic hydroxyl groups excluding tert-OH is 1. The van der Waals surface area contributed by atoms with Gasteiger partial charge in [0.1, 0.15) is 5.75 Å². The number of phenolic OH excluding ortho intramolecular Hbond substituents is 1. The van der Waals surface area contributed by atoms with Gasteiger partial charge in [0.2, 0.25) is 5.56 Å². The van der Waals surface area contributed by atoms with Gasteiger partial charge in [-0.1, -0.05) is 25.8 Å². The molecule has 4 N–H and O–H groups in total. The second-order valence-electron chi connectivity index (χ2n) is 8.44. The zero-order valence-electron chi connectivity index (χ0n) is 17.5. The van der Waals surface area contributed by atoms with E-state index in [1.807, 2.05) is 0 Å². The summed E-state index contributed by atoms with van der Waals surface area (Å²) in [4.78, 5) is 16.7. The Morgan fingerprint density at radius 1 is 1.14 bits per heavy atom. The number of aromatic amines is 1. The number of aromatic nitrogens is 1. The highest BCUT2D eigenvalue weighted by Gasteiger charge is 2.15. The average Bonchev–Trinajstić information content (AvgIpc) is 2.72. The molecule has 0 amide bonds. The van der Waals surface area contributed by atoms with Gasteiger partial charge < -0.3 is 25.4 Å². The quantitative estimate of drug-likeness (QED) is 0.459. The first kappa shape index (κ1) is 21.8. The standard InChI is InChI=1S/C23H35N3O3/c1-17-10-14-26(15-11-17)13-5-3-2-4-12-24-16-21(28)18-6-8-20(27)23-19(18)7-9-22(29)25-23/h6-9,17,21,24,27-28H,2-5,10-16H2,1H3,(H,25,29). The van der Waals surface area contributed by atoms with Crippen LogP contribution in [0.15, 0.2) is 29.1 Å². The van der Waals surface area contributed by atoms with E-state index in [1.165, 1.54) is 63.9 Å². The van der Waals surface area contributed by atoms with E-state index in [-0.39, 0.29) is 11.3 Å². The Morgan fingerprint density at radius 3 is 2.69 bits per heavy atom. The van der Waals surface area contributed by atoms with Crippen LogP contribution in [0.3, 0.4) is 0 Å². The highest BCUT2D eigenvalue weighted by Crippen LogP contribution is 2.28. The number of unbranched alkanes of at least 4 members (excludes halogenated alkanes) is 3. The molecule has 6 heteroatoms. The number of benzene rings is 1. The van der Waals surface area contributed by atoms with Gasteiger partial charge in [-0.15, -0.1) is 0 Å². The van der Waals surface area contributed by atoms with Crippen LogP contribution in [0.2, 0.25) is 0 Å². The summed E-state index contributed by atoms with van der Waals surface area (Å²) in [5.41, 5.74) is 0.807. The molecular weight excluding hydrogens is 366 g/mol. The number of rotatable bonds is 10. The van der Waals surface area contributed by atoms with Crippen molar-refractivity contribution in [3.8, 4) is 5.75 Å². The van der Waals surface area contributed by atoms with E-state index < -0.39 is 6.10 Å². The van der Waals surface area contributed by atoms with Gasteiger partial charge in [-0.25, -0.2) is 0 Å². The molecule has 2 heterocycles. The van der Waals surface area contributed by atoms with Crippen LogP contribution in [-0.2, 0) is 0 Å². The van der Waals surface area contributed by atoms with E-state index >= 15 is 0 Å². The summed E-state index contributed by atoms with van der Waals surface area (Å²) in [6, 6.07) is 6.29. The van der Waals surface area contributed by atoms with Crippen LogP contribution in [0.5, 0.6) is 5.75 Å². The number of piperidine rings is 1. The van der Waals surface area contributed by atoms with Crippen molar-refractivity contribution in [2.24, 2.45) is 5.92 Å². The second-order valence-corrected chi connectivity index (χ2v) is 8.44. The van der Waals surface area contributed by atoms with E-state index in [0.29, 0.717) is 23.0 Å². The van der Waals surface area contributed by atoms with Crippen molar-refractivity contribution >= 4 is 10.9 Å². The maximum Gasteiger partial charge on any atom is 0.248 e. The van der Waals surface area contributed by atoms with Crippen LogP contribution >= 0.6 is 0 Å². The third-order valence-corrected chi connectivity index (χ3v) is 6.06. The number of H-pyrrole nitrogens is 1. The van der Waals surface area contributed by atoms with Crippen molar-refractivity contribution < 1.29 is 10.2 Å². The Balaban J connectivity index is 1.33. The fourth-order valence-corrected chi connectivity index (χ4v) is 4.12. The van der Waals surface area contributed by atoms with Crippen LogP contribution in [-0.4, -0.2) is 52.8 Å². The summed E-state index contributed by atoms with van der Waals surface area (Å²) in [6.07, 6.45) is 6.84. The largest absolute Gasteiger partial charge is 0.506 e. The summed E-state index contributed by atoms with van der Waals surface area (Å²) in [5.74, 6) is 0.912. The van der Waals surface area contributed by atoms with Crippen molar-refractivity contribution in [1.82, 2.24) is 15.2 Å². The van der Waals surface area contributed by atoms with E-state index in [2.05, 4.69) is 22.1 Å². The van der Waals surface area contributed by atoms with E-state index in [9.17, 15) is 15.0 Å². The average molecular weight is 402 g/mol. The Labute approximate surface area is 172 Å². The van der Waals surface area contributed by atoms with Crippen molar-refractivity contribution in [3.05, 3.63) is 40.2 Å². The number of fused-ring (bicyclic) bond motifs is 1. The molecule has 1 aromatic carbocycles. The van der Waals surface area contributed by atoms with Crippen LogP contribution in [0, 0.1) is 5.92 Å². The number of hydrogen-bond acceptors (Lipinski definition) is 5. The summed E-state index contributed by atoms with van der Waals surface area (Å²) in [7, 11) is 0. The zero-order valence-corrected chi connectivity index (χ0v) is 17.5. The molecule has 0 saturated carbocycles. The highest BCUT2D eigenvalue weighted by atomic mass is 16.3. The molecule has 0 bridgehead atoms. The first-order chi connectivity index (χ1) is 14.0. The van der Waals surface area contributed by atoms with Crippen molar-refractivity contribution in [3.63, 3.8) is 0 Å². The monoisotopic (exact) mass is 401 g/mol. The van der Waals surface area contributed by atoms with Gasteiger partial charge in [0.15, 0.2) is 0 Å². The number of hydrogen-bond donors (Lipinski definition) is 4. The van der Waals surface area contributed by atoms with Crippen LogP contribution in [0.4, 0.5) is 0 Å². The molecule has 1 aromatic heterocycles. The first-order valence-corrected chi connectivity index (χ1v) is 11.0.